The number of methoxy groups -OCH3 is 1. The van der Waals surface area contributed by atoms with Crippen molar-refractivity contribution < 1.29 is 38.9 Å². The van der Waals surface area contributed by atoms with Gasteiger partial charge >= 0.3 is 0 Å². The average Bonchev–Trinajstić information content (AvgIpc) is 3.48. The fourth-order valence-electron chi connectivity index (χ4n) is 7.36. The zero-order valence-electron chi connectivity index (χ0n) is 34.5. The first-order chi connectivity index (χ1) is 27.8. The average molecular weight is 811 g/mol. The highest BCUT2D eigenvalue weighted by molar-refractivity contribution is 5.95. The molecule has 7 atom stereocenters. The van der Waals surface area contributed by atoms with Crippen molar-refractivity contribution in [3.8, 4) is 0 Å². The number of hydrogen-bond acceptors (Lipinski definition) is 12. The van der Waals surface area contributed by atoms with Crippen LogP contribution in [-0.4, -0.2) is 127 Å². The number of amides is 4. The van der Waals surface area contributed by atoms with Gasteiger partial charge in [0.15, 0.2) is 12.6 Å². The molecule has 4 rings (SSSR count). The Kier molecular flexibility index (Phi) is 19.0. The number of unbranched alkanes of at least 4 members (excludes halogenated alkanes) is 1. The quantitative estimate of drug-likeness (QED) is 0.0543. The summed E-state index contributed by atoms with van der Waals surface area (Å²) in [5.41, 5.74) is 7.24. The number of nitrogens with one attached hydrogen (secondary N) is 6. The molecule has 58 heavy (non-hydrogen) atoms. The molecule has 2 aromatic carbocycles. The molecule has 2 aromatic rings. The normalized spacial score (nSPS) is 20.2. The molecule has 0 aliphatic carbocycles. The van der Waals surface area contributed by atoms with Crippen molar-refractivity contribution in [3.63, 3.8) is 0 Å². The highest BCUT2D eigenvalue weighted by atomic mass is 16.7. The topological polar surface area (TPSA) is 229 Å². The third-order valence-corrected chi connectivity index (χ3v) is 10.8. The van der Waals surface area contributed by atoms with Gasteiger partial charge < -0.3 is 51.6 Å². The third kappa shape index (κ3) is 14.7. The van der Waals surface area contributed by atoms with E-state index in [0.717, 1.165) is 17.5 Å². The minimum absolute atomic E-state index is 0.00109. The maximum absolute atomic E-state index is 14.2. The van der Waals surface area contributed by atoms with Crippen molar-refractivity contribution in [1.29, 1.82) is 0 Å². The van der Waals surface area contributed by atoms with Crippen molar-refractivity contribution in [1.82, 2.24) is 36.8 Å². The maximum atomic E-state index is 14.2. The lowest BCUT2D eigenvalue weighted by Gasteiger charge is -2.41. The van der Waals surface area contributed by atoms with Crippen LogP contribution in [0.3, 0.4) is 0 Å². The number of benzene rings is 2. The molecule has 322 valence electrons. The molecule has 4 amide bonds. The van der Waals surface area contributed by atoms with Crippen LogP contribution in [0.5, 0.6) is 0 Å². The molecule has 0 aromatic heterocycles. The molecule has 1 spiro atoms. The van der Waals surface area contributed by atoms with Gasteiger partial charge in [0.25, 0.3) is 0 Å². The van der Waals surface area contributed by atoms with Gasteiger partial charge in [-0.3, -0.25) is 29.8 Å². The Bertz CT molecular complexity index is 1560. The molecular weight excluding hydrogens is 745 g/mol. The lowest BCUT2D eigenvalue weighted by molar-refractivity contribution is -0.139. The first-order valence-corrected chi connectivity index (χ1v) is 20.6. The van der Waals surface area contributed by atoms with E-state index < -0.39 is 60.0 Å². The molecule has 0 saturated carbocycles. The Balaban J connectivity index is 1.45. The van der Waals surface area contributed by atoms with E-state index in [0.29, 0.717) is 58.5 Å². The highest BCUT2D eigenvalue weighted by Crippen LogP contribution is 2.29. The Hall–Kier alpha value is -4.00. The summed E-state index contributed by atoms with van der Waals surface area (Å²) in [6.07, 6.45) is 0.951. The van der Waals surface area contributed by atoms with Crippen LogP contribution in [0.2, 0.25) is 0 Å². The second-order valence-electron chi connectivity index (χ2n) is 15.8. The number of carbonyl (C=O) groups is 4. The zero-order chi connectivity index (χ0) is 42.1. The minimum Gasteiger partial charge on any atom is -0.377 e. The largest absolute Gasteiger partial charge is 0.377 e. The van der Waals surface area contributed by atoms with E-state index >= 15 is 0 Å². The van der Waals surface area contributed by atoms with Gasteiger partial charge in [-0.05, 0) is 75.5 Å². The van der Waals surface area contributed by atoms with Gasteiger partial charge in [0.05, 0.1) is 18.2 Å². The summed E-state index contributed by atoms with van der Waals surface area (Å²) in [7, 11) is 1.58. The van der Waals surface area contributed by atoms with E-state index in [2.05, 4.69) is 31.9 Å². The van der Waals surface area contributed by atoms with Gasteiger partial charge in [0.2, 0.25) is 23.6 Å². The number of hydrogen-bond donors (Lipinski definition) is 9. The second kappa shape index (κ2) is 23.6. The number of aliphatic hydroxyl groups is 2. The van der Waals surface area contributed by atoms with Gasteiger partial charge in [-0.1, -0.05) is 74.5 Å². The monoisotopic (exact) mass is 811 g/mol. The van der Waals surface area contributed by atoms with Gasteiger partial charge in [-0.2, -0.15) is 0 Å². The zero-order valence-corrected chi connectivity index (χ0v) is 34.5. The molecule has 7 unspecified atom stereocenters. The van der Waals surface area contributed by atoms with Crippen LogP contribution in [0.25, 0.3) is 0 Å². The smallest absolute Gasteiger partial charge is 0.245 e. The van der Waals surface area contributed by atoms with E-state index in [9.17, 15) is 29.4 Å². The number of nitrogens with zero attached hydrogens (tertiary/aromatic N) is 1. The lowest BCUT2D eigenvalue weighted by atomic mass is 9.86. The Labute approximate surface area is 342 Å². The van der Waals surface area contributed by atoms with Crippen LogP contribution in [0.15, 0.2) is 60.7 Å². The summed E-state index contributed by atoms with van der Waals surface area (Å²) in [6.45, 7) is 8.12. The fraction of sp³-hybridized carbons (Fsp3) is 0.619. The second-order valence-corrected chi connectivity index (χ2v) is 15.8. The van der Waals surface area contributed by atoms with Crippen molar-refractivity contribution in [2.45, 2.75) is 121 Å². The number of ether oxygens (including phenoxy) is 2. The van der Waals surface area contributed by atoms with Crippen LogP contribution in [0.4, 0.5) is 0 Å². The van der Waals surface area contributed by atoms with Crippen LogP contribution >= 0.6 is 0 Å². The molecule has 0 bridgehead atoms. The number of aliphatic hydroxyl groups excluding tert-OH is 2. The lowest BCUT2D eigenvalue weighted by Crippen LogP contribution is -2.61. The fourth-order valence-corrected chi connectivity index (χ4v) is 7.36. The van der Waals surface area contributed by atoms with Gasteiger partial charge in [0, 0.05) is 33.2 Å². The third-order valence-electron chi connectivity index (χ3n) is 10.8. The van der Waals surface area contributed by atoms with E-state index in [1.54, 1.807) is 12.0 Å². The summed E-state index contributed by atoms with van der Waals surface area (Å²) >= 11 is 0. The summed E-state index contributed by atoms with van der Waals surface area (Å²) < 4.78 is 10.6. The van der Waals surface area contributed by atoms with Crippen LogP contribution in [-0.2, 0) is 41.5 Å². The molecule has 0 radical (unpaired) electrons. The SMILES string of the molecule is COC(C)OCCNCCCCC(NC(=O)C(CC(C)C)NC(=O)C(Cc1ccccc1)NC(=O)C(N)Cc1ccccc1)C(=O)N1CCC2(CC1)NC(O)NC2O. The Morgan fingerprint density at radius 3 is 2.00 bits per heavy atom. The van der Waals surface area contributed by atoms with Gasteiger partial charge in [-0.15, -0.1) is 0 Å². The van der Waals surface area contributed by atoms with Crippen molar-refractivity contribution in [2.24, 2.45) is 11.7 Å². The number of nitrogens with two attached hydrogens (primary N) is 1. The number of likely N-dealkylation sites (tertiary alicyclic amines) is 1. The Morgan fingerprint density at radius 1 is 0.828 bits per heavy atom. The molecule has 2 aliphatic rings. The van der Waals surface area contributed by atoms with E-state index in [1.807, 2.05) is 81.4 Å². The summed E-state index contributed by atoms with van der Waals surface area (Å²) in [4.78, 5) is 57.5. The summed E-state index contributed by atoms with van der Waals surface area (Å²) in [5.74, 6) is -1.78. The molecule has 2 heterocycles. The van der Waals surface area contributed by atoms with Crippen molar-refractivity contribution in [2.75, 3.05) is 39.9 Å². The predicted octanol–water partition coefficient (Wildman–Crippen LogP) is 0.217. The number of carbonyl (C=O) groups excluding carboxylic acids is 4. The van der Waals surface area contributed by atoms with Crippen LogP contribution < -0.4 is 37.6 Å². The van der Waals surface area contributed by atoms with Gasteiger partial charge in [0.1, 0.15) is 24.4 Å². The summed E-state index contributed by atoms with van der Waals surface area (Å²) in [5, 5.41) is 38.3. The number of piperidine rings is 1. The standard InChI is InChI=1S/C42H66N8O8/c1-28(2)25-34(47-38(53)35(27-31-15-9-6-10-16-31)46-36(51)32(43)26-30-13-7-5-8-14-30)37(52)45-33(17-11-12-20-44-21-24-58-29(3)57-4)39(54)50-22-18-42(19-23-50)40(55)48-41(56)49-42/h5-10,13-16,28-29,32-35,40-41,44,48-49,55-56H,11-12,17-27,43H2,1-4H3,(H,45,52)(H,46,51)(H,47,53). The van der Waals surface area contributed by atoms with E-state index in [-0.39, 0.29) is 37.4 Å². The molecular formula is C42H66N8O8. The highest BCUT2D eigenvalue weighted by Gasteiger charge is 2.48. The minimum atomic E-state index is -1.05. The van der Waals surface area contributed by atoms with E-state index in [4.69, 9.17) is 15.2 Å². The van der Waals surface area contributed by atoms with Gasteiger partial charge in [-0.25, -0.2) is 0 Å². The molecule has 2 fully saturated rings. The molecule has 2 saturated heterocycles. The molecule has 2 aliphatic heterocycles. The van der Waals surface area contributed by atoms with E-state index in [1.165, 1.54) is 0 Å². The molecule has 16 heteroatoms. The van der Waals surface area contributed by atoms with Crippen molar-refractivity contribution in [3.05, 3.63) is 71.8 Å². The van der Waals surface area contributed by atoms with Crippen LogP contribution in [0, 0.1) is 5.92 Å². The van der Waals surface area contributed by atoms with Crippen molar-refractivity contribution >= 4 is 23.6 Å². The number of rotatable bonds is 23. The predicted molar refractivity (Wildman–Crippen MR) is 219 cm³/mol. The first kappa shape index (κ1) is 46.7. The maximum Gasteiger partial charge on any atom is 0.245 e. The van der Waals surface area contributed by atoms with Crippen LogP contribution in [0.1, 0.15) is 70.4 Å². The first-order valence-electron chi connectivity index (χ1n) is 20.6. The molecule has 16 nitrogen and oxygen atoms in total. The molecule has 10 N–H and O–H groups in total. The summed E-state index contributed by atoms with van der Waals surface area (Å²) in [6, 6.07) is 14.9. The Morgan fingerprint density at radius 2 is 1.41 bits per heavy atom.